The zero-order valence-electron chi connectivity index (χ0n) is 9.82. The molecule has 0 aliphatic heterocycles. The van der Waals surface area contributed by atoms with Gasteiger partial charge in [0.25, 0.3) is 0 Å². The molecule has 0 heterocycles. The fraction of sp³-hybridized carbons (Fsp3) is 0.538. The molecule has 0 spiro atoms. The van der Waals surface area contributed by atoms with Gasteiger partial charge in [0.1, 0.15) is 11.6 Å². The van der Waals surface area contributed by atoms with Crippen molar-refractivity contribution < 1.29 is 8.78 Å². The molecule has 0 unspecified atom stereocenters. The lowest BCUT2D eigenvalue weighted by Crippen LogP contribution is -2.14. The van der Waals surface area contributed by atoms with Crippen molar-refractivity contribution in [1.29, 1.82) is 0 Å². The molecule has 0 atom stereocenters. The van der Waals surface area contributed by atoms with Crippen LogP contribution in [0.1, 0.15) is 31.2 Å². The summed E-state index contributed by atoms with van der Waals surface area (Å²) in [5, 5.41) is 3.17. The molecule has 0 bridgehead atoms. The lowest BCUT2D eigenvalue weighted by atomic mass is 10.2. The fourth-order valence-corrected chi connectivity index (χ4v) is 1.83. The topological polar surface area (TPSA) is 12.0 Å². The van der Waals surface area contributed by atoms with E-state index in [9.17, 15) is 8.78 Å². The fourth-order valence-electron chi connectivity index (χ4n) is 1.64. The van der Waals surface area contributed by atoms with Gasteiger partial charge in [-0.3, -0.25) is 0 Å². The summed E-state index contributed by atoms with van der Waals surface area (Å²) < 4.78 is 25.7. The molecule has 0 radical (unpaired) electrons. The van der Waals surface area contributed by atoms with Crippen molar-refractivity contribution in [3.8, 4) is 0 Å². The number of alkyl halides is 1. The predicted octanol–water partition coefficient (Wildman–Crippen LogP) is 3.85. The Morgan fingerprint density at radius 1 is 0.941 bits per heavy atom. The molecule has 4 heteroatoms. The normalized spacial score (nSPS) is 10.8. The second-order valence-corrected chi connectivity index (χ2v) is 4.44. The third-order valence-electron chi connectivity index (χ3n) is 2.49. The van der Waals surface area contributed by atoms with Crippen molar-refractivity contribution in [1.82, 2.24) is 5.32 Å². The molecule has 0 aromatic heterocycles. The SMILES string of the molecule is Fc1cc(F)cc(CNCCCCCCCl)c1. The molecule has 0 aliphatic rings. The highest BCUT2D eigenvalue weighted by Crippen LogP contribution is 2.07. The maximum Gasteiger partial charge on any atom is 0.126 e. The first-order valence-electron chi connectivity index (χ1n) is 5.94. The minimum Gasteiger partial charge on any atom is -0.313 e. The monoisotopic (exact) mass is 261 g/mol. The molecule has 1 aromatic carbocycles. The third kappa shape index (κ3) is 6.59. The van der Waals surface area contributed by atoms with Gasteiger partial charge in [-0.2, -0.15) is 0 Å². The lowest BCUT2D eigenvalue weighted by Gasteiger charge is -2.05. The average Bonchev–Trinajstić information content (AvgIpc) is 2.26. The first-order chi connectivity index (χ1) is 8.22. The molecule has 17 heavy (non-hydrogen) atoms. The lowest BCUT2D eigenvalue weighted by molar-refractivity contribution is 0.569. The van der Waals surface area contributed by atoms with Crippen LogP contribution in [0.15, 0.2) is 18.2 Å². The Labute approximate surface area is 106 Å². The third-order valence-corrected chi connectivity index (χ3v) is 2.76. The molecule has 96 valence electrons. The standard InChI is InChI=1S/C13H18ClF2N/c14-5-3-1-2-4-6-17-10-11-7-12(15)9-13(16)8-11/h7-9,17H,1-6,10H2. The molecule has 0 fully saturated rings. The molecule has 1 rings (SSSR count). The summed E-state index contributed by atoms with van der Waals surface area (Å²) in [7, 11) is 0. The zero-order chi connectivity index (χ0) is 12.5. The largest absolute Gasteiger partial charge is 0.313 e. The second kappa shape index (κ2) is 8.43. The van der Waals surface area contributed by atoms with E-state index in [2.05, 4.69) is 5.32 Å². The van der Waals surface area contributed by atoms with Crippen LogP contribution in [0.25, 0.3) is 0 Å². The Balaban J connectivity index is 2.13. The van der Waals surface area contributed by atoms with Gasteiger partial charge in [-0.25, -0.2) is 8.78 Å². The van der Waals surface area contributed by atoms with Gasteiger partial charge in [-0.05, 0) is 37.1 Å². The van der Waals surface area contributed by atoms with Crippen molar-refractivity contribution in [3.63, 3.8) is 0 Å². The van der Waals surface area contributed by atoms with E-state index in [1.54, 1.807) is 0 Å². The van der Waals surface area contributed by atoms with Crippen molar-refractivity contribution in [2.75, 3.05) is 12.4 Å². The van der Waals surface area contributed by atoms with Gasteiger partial charge in [0.05, 0.1) is 0 Å². The summed E-state index contributed by atoms with van der Waals surface area (Å²) in [5.74, 6) is -0.330. The number of halogens is 3. The van der Waals surface area contributed by atoms with Crippen LogP contribution in [0.2, 0.25) is 0 Å². The maximum atomic E-state index is 12.9. The van der Waals surface area contributed by atoms with Crippen molar-refractivity contribution in [2.45, 2.75) is 32.2 Å². The minimum absolute atomic E-state index is 0.504. The molecular formula is C13H18ClF2N. The van der Waals surface area contributed by atoms with E-state index in [1.807, 2.05) is 0 Å². The molecule has 1 nitrogen and oxygen atoms in total. The van der Waals surface area contributed by atoms with E-state index >= 15 is 0 Å². The van der Waals surface area contributed by atoms with Crippen LogP contribution in [0, 0.1) is 11.6 Å². The number of unbranched alkanes of at least 4 members (excludes halogenated alkanes) is 3. The summed E-state index contributed by atoms with van der Waals surface area (Å²) in [6.07, 6.45) is 4.39. The number of hydrogen-bond donors (Lipinski definition) is 1. The van der Waals surface area contributed by atoms with Gasteiger partial charge < -0.3 is 5.32 Å². The predicted molar refractivity (Wildman–Crippen MR) is 67.3 cm³/mol. The summed E-state index contributed by atoms with van der Waals surface area (Å²) >= 11 is 5.56. The number of hydrogen-bond acceptors (Lipinski definition) is 1. The van der Waals surface area contributed by atoms with Gasteiger partial charge >= 0.3 is 0 Å². The van der Waals surface area contributed by atoms with Crippen LogP contribution in [0.3, 0.4) is 0 Å². The Kier molecular flexibility index (Phi) is 7.13. The highest BCUT2D eigenvalue weighted by molar-refractivity contribution is 6.17. The molecular weight excluding hydrogens is 244 g/mol. The quantitative estimate of drug-likeness (QED) is 0.554. The first-order valence-corrected chi connectivity index (χ1v) is 6.47. The Bertz CT molecular complexity index is 311. The second-order valence-electron chi connectivity index (χ2n) is 4.06. The summed E-state index contributed by atoms with van der Waals surface area (Å²) in [4.78, 5) is 0. The molecule has 0 saturated heterocycles. The molecule has 0 amide bonds. The Morgan fingerprint density at radius 2 is 1.59 bits per heavy atom. The molecule has 0 aliphatic carbocycles. The highest BCUT2D eigenvalue weighted by Gasteiger charge is 1.99. The van der Waals surface area contributed by atoms with Gasteiger partial charge in [0.15, 0.2) is 0 Å². The number of rotatable bonds is 8. The van der Waals surface area contributed by atoms with Crippen molar-refractivity contribution in [3.05, 3.63) is 35.4 Å². The Hall–Kier alpha value is -0.670. The van der Waals surface area contributed by atoms with E-state index in [0.717, 1.165) is 44.2 Å². The minimum atomic E-state index is -0.524. The van der Waals surface area contributed by atoms with Crippen LogP contribution < -0.4 is 5.32 Å². The average molecular weight is 262 g/mol. The van der Waals surface area contributed by atoms with Crippen LogP contribution in [-0.2, 0) is 6.54 Å². The smallest absolute Gasteiger partial charge is 0.126 e. The van der Waals surface area contributed by atoms with Crippen LogP contribution in [-0.4, -0.2) is 12.4 Å². The summed E-state index contributed by atoms with van der Waals surface area (Å²) in [6, 6.07) is 3.59. The highest BCUT2D eigenvalue weighted by atomic mass is 35.5. The van der Waals surface area contributed by atoms with Crippen molar-refractivity contribution >= 4 is 11.6 Å². The van der Waals surface area contributed by atoms with Gasteiger partial charge in [-0.15, -0.1) is 11.6 Å². The number of nitrogens with one attached hydrogen (secondary N) is 1. The molecule has 1 N–H and O–H groups in total. The van der Waals surface area contributed by atoms with Crippen molar-refractivity contribution in [2.24, 2.45) is 0 Å². The Morgan fingerprint density at radius 3 is 2.24 bits per heavy atom. The van der Waals surface area contributed by atoms with Crippen LogP contribution in [0.5, 0.6) is 0 Å². The summed E-state index contributed by atoms with van der Waals surface area (Å²) in [5.41, 5.74) is 0.642. The molecule has 0 saturated carbocycles. The van der Waals surface area contributed by atoms with E-state index in [1.165, 1.54) is 12.1 Å². The summed E-state index contributed by atoms with van der Waals surface area (Å²) in [6.45, 7) is 1.37. The van der Waals surface area contributed by atoms with Crippen LogP contribution >= 0.6 is 11.6 Å². The maximum absolute atomic E-state index is 12.9. The zero-order valence-corrected chi connectivity index (χ0v) is 10.6. The number of benzene rings is 1. The van der Waals surface area contributed by atoms with E-state index in [4.69, 9.17) is 11.6 Å². The van der Waals surface area contributed by atoms with E-state index < -0.39 is 11.6 Å². The van der Waals surface area contributed by atoms with E-state index in [-0.39, 0.29) is 0 Å². The van der Waals surface area contributed by atoms with E-state index in [0.29, 0.717) is 12.1 Å². The first kappa shape index (κ1) is 14.4. The van der Waals surface area contributed by atoms with Crippen LogP contribution in [0.4, 0.5) is 8.78 Å². The molecule has 1 aromatic rings. The van der Waals surface area contributed by atoms with Gasteiger partial charge in [-0.1, -0.05) is 12.8 Å². The van der Waals surface area contributed by atoms with Gasteiger partial charge in [0, 0.05) is 18.5 Å². The van der Waals surface area contributed by atoms with Gasteiger partial charge in [0.2, 0.25) is 0 Å².